The second kappa shape index (κ2) is 9.19. The summed E-state index contributed by atoms with van der Waals surface area (Å²) >= 11 is 12.9. The van der Waals surface area contributed by atoms with E-state index in [1.807, 2.05) is 59.5 Å². The van der Waals surface area contributed by atoms with Crippen LogP contribution in [-0.2, 0) is 10.2 Å². The maximum absolute atomic E-state index is 14.8. The normalized spacial score (nSPS) is 23.9. The number of nitrogens with zero attached hydrogens (tertiary/aromatic N) is 1. The highest BCUT2D eigenvalue weighted by Gasteiger charge is 2.70. The summed E-state index contributed by atoms with van der Waals surface area (Å²) in [5.41, 5.74) is 2.20. The molecule has 0 saturated carbocycles. The van der Waals surface area contributed by atoms with Gasteiger partial charge < -0.3 is 10.2 Å². The molecule has 0 aliphatic carbocycles. The number of halogens is 2. The number of benzene rings is 4. The van der Waals surface area contributed by atoms with Crippen LogP contribution < -0.4 is 10.2 Å². The van der Waals surface area contributed by atoms with Gasteiger partial charge in [-0.05, 0) is 47.5 Å². The summed E-state index contributed by atoms with van der Waals surface area (Å²) in [6.07, 6.45) is 3.84. The first-order valence-corrected chi connectivity index (χ1v) is 13.7. The number of amides is 1. The van der Waals surface area contributed by atoms with Gasteiger partial charge in [-0.1, -0.05) is 96.0 Å². The summed E-state index contributed by atoms with van der Waals surface area (Å²) in [6, 6.07) is 26.9. The Morgan fingerprint density at radius 2 is 1.55 bits per heavy atom. The molecule has 4 aromatic carbocycles. The molecule has 1 amide bonds. The lowest BCUT2D eigenvalue weighted by atomic mass is 9.64. The third kappa shape index (κ3) is 3.38. The molecule has 40 heavy (non-hydrogen) atoms. The standard InChI is InChI=1S/C33H22Cl2N2O3/c34-21-15-16-26-20(18-21)14-17-27-33(23-11-5-7-13-25(23)36-32(33)40)28(31(39)22-10-4-6-12-24(22)35)29(37(26)27)30(38)19-8-2-1-3-9-19/h1-18,27-29H,(H,36,40)/t27-,28+,29-,33+/m0/s1. The van der Waals surface area contributed by atoms with Gasteiger partial charge in [-0.2, -0.15) is 0 Å². The van der Waals surface area contributed by atoms with Gasteiger partial charge in [0.15, 0.2) is 11.6 Å². The zero-order chi connectivity index (χ0) is 27.6. The van der Waals surface area contributed by atoms with E-state index in [0.29, 0.717) is 21.8 Å². The Kier molecular flexibility index (Phi) is 5.70. The highest BCUT2D eigenvalue weighted by Crippen LogP contribution is 2.58. The number of hydrogen-bond acceptors (Lipinski definition) is 4. The van der Waals surface area contributed by atoms with Crippen LogP contribution in [0.25, 0.3) is 6.08 Å². The van der Waals surface area contributed by atoms with E-state index in [1.54, 1.807) is 54.6 Å². The van der Waals surface area contributed by atoms with Gasteiger partial charge in [0.25, 0.3) is 0 Å². The molecule has 7 rings (SSSR count). The van der Waals surface area contributed by atoms with Crippen molar-refractivity contribution in [3.05, 3.63) is 135 Å². The van der Waals surface area contributed by atoms with E-state index in [4.69, 9.17) is 23.2 Å². The highest BCUT2D eigenvalue weighted by molar-refractivity contribution is 6.34. The second-order valence-electron chi connectivity index (χ2n) is 10.3. The molecule has 1 fully saturated rings. The van der Waals surface area contributed by atoms with Gasteiger partial charge in [0.2, 0.25) is 5.91 Å². The largest absolute Gasteiger partial charge is 0.352 e. The second-order valence-corrected chi connectivity index (χ2v) is 11.1. The van der Waals surface area contributed by atoms with Crippen LogP contribution >= 0.6 is 23.2 Å². The Hall–Kier alpha value is -4.19. The Labute approximate surface area is 241 Å². The van der Waals surface area contributed by atoms with E-state index < -0.39 is 23.4 Å². The van der Waals surface area contributed by atoms with Crippen LogP contribution in [0, 0.1) is 5.92 Å². The molecule has 196 valence electrons. The van der Waals surface area contributed by atoms with Crippen LogP contribution in [0.1, 0.15) is 31.8 Å². The molecule has 1 saturated heterocycles. The van der Waals surface area contributed by atoms with Gasteiger partial charge >= 0.3 is 0 Å². The molecule has 3 aliphatic rings. The number of para-hydroxylation sites is 1. The van der Waals surface area contributed by atoms with Crippen molar-refractivity contribution in [1.29, 1.82) is 0 Å². The van der Waals surface area contributed by atoms with E-state index in [2.05, 4.69) is 5.32 Å². The number of hydrogen-bond donors (Lipinski definition) is 1. The number of nitrogens with one attached hydrogen (secondary N) is 1. The number of carbonyl (C=O) groups excluding carboxylic acids is 3. The van der Waals surface area contributed by atoms with Crippen LogP contribution in [0.3, 0.4) is 0 Å². The molecule has 0 aromatic heterocycles. The zero-order valence-electron chi connectivity index (χ0n) is 21.1. The maximum atomic E-state index is 14.8. The molecule has 5 nitrogen and oxygen atoms in total. The zero-order valence-corrected chi connectivity index (χ0v) is 22.6. The lowest BCUT2D eigenvalue weighted by Gasteiger charge is -2.37. The molecule has 1 N–H and O–H groups in total. The molecule has 1 spiro atoms. The molecule has 0 radical (unpaired) electrons. The minimum absolute atomic E-state index is 0.249. The van der Waals surface area contributed by atoms with Crippen LogP contribution in [0.5, 0.6) is 0 Å². The first-order chi connectivity index (χ1) is 19.4. The first kappa shape index (κ1) is 24.8. The summed E-state index contributed by atoms with van der Waals surface area (Å²) in [4.78, 5) is 45.6. The topological polar surface area (TPSA) is 66.5 Å². The number of carbonyl (C=O) groups is 3. The van der Waals surface area contributed by atoms with Crippen LogP contribution in [0.15, 0.2) is 103 Å². The minimum atomic E-state index is -1.39. The van der Waals surface area contributed by atoms with Crippen molar-refractivity contribution in [2.45, 2.75) is 17.5 Å². The van der Waals surface area contributed by atoms with Gasteiger partial charge in [0, 0.05) is 27.5 Å². The molecule has 7 heteroatoms. The van der Waals surface area contributed by atoms with Gasteiger partial charge in [-0.3, -0.25) is 14.4 Å². The van der Waals surface area contributed by atoms with E-state index in [0.717, 1.165) is 11.3 Å². The van der Waals surface area contributed by atoms with Crippen molar-refractivity contribution in [3.8, 4) is 0 Å². The lowest BCUT2D eigenvalue weighted by Crippen LogP contribution is -2.51. The average molecular weight is 565 g/mol. The van der Waals surface area contributed by atoms with Crippen LogP contribution in [0.4, 0.5) is 11.4 Å². The Morgan fingerprint density at radius 1 is 0.825 bits per heavy atom. The van der Waals surface area contributed by atoms with Gasteiger partial charge in [-0.25, -0.2) is 0 Å². The predicted octanol–water partition coefficient (Wildman–Crippen LogP) is 6.85. The number of Topliss-reactive ketones (excluding diaryl/α,β-unsaturated/α-hetero) is 2. The molecular weight excluding hydrogens is 543 g/mol. The molecule has 3 aliphatic heterocycles. The fourth-order valence-electron chi connectivity index (χ4n) is 6.75. The third-order valence-corrected chi connectivity index (χ3v) is 8.91. The monoisotopic (exact) mass is 564 g/mol. The fourth-order valence-corrected chi connectivity index (χ4v) is 7.16. The van der Waals surface area contributed by atoms with Crippen molar-refractivity contribution in [2.75, 3.05) is 10.2 Å². The number of fused-ring (bicyclic) bond motifs is 6. The smallest absolute Gasteiger partial charge is 0.238 e. The summed E-state index contributed by atoms with van der Waals surface area (Å²) in [6.45, 7) is 0. The first-order valence-electron chi connectivity index (χ1n) is 13.0. The summed E-state index contributed by atoms with van der Waals surface area (Å²) < 4.78 is 0. The van der Waals surface area contributed by atoms with Crippen LogP contribution in [0.2, 0.25) is 10.0 Å². The molecule has 3 heterocycles. The summed E-state index contributed by atoms with van der Waals surface area (Å²) in [7, 11) is 0. The fraction of sp³-hybridized carbons (Fsp3) is 0.121. The van der Waals surface area contributed by atoms with E-state index in [-0.39, 0.29) is 28.1 Å². The Balaban J connectivity index is 1.56. The number of anilines is 2. The quantitative estimate of drug-likeness (QED) is 0.275. The van der Waals surface area contributed by atoms with E-state index >= 15 is 0 Å². The third-order valence-electron chi connectivity index (χ3n) is 8.34. The SMILES string of the molecule is O=C(c1ccccc1)[C@@H]1[C@H](C(=O)c2ccccc2Cl)[C@]2(C(=O)Nc3ccccc32)[C@@H]2C=Cc3cc(Cl)ccc3N12. The van der Waals surface area contributed by atoms with Crippen LogP contribution in [-0.4, -0.2) is 29.6 Å². The average Bonchev–Trinajstić information content (AvgIpc) is 3.45. The lowest BCUT2D eigenvalue weighted by molar-refractivity contribution is -0.121. The van der Waals surface area contributed by atoms with Gasteiger partial charge in [0.05, 0.1) is 17.0 Å². The van der Waals surface area contributed by atoms with Crippen molar-refractivity contribution in [3.63, 3.8) is 0 Å². The summed E-state index contributed by atoms with van der Waals surface area (Å²) in [5, 5.41) is 3.85. The number of rotatable bonds is 4. The molecule has 4 atom stereocenters. The maximum Gasteiger partial charge on any atom is 0.238 e. The molecule has 0 bridgehead atoms. The van der Waals surface area contributed by atoms with Crippen molar-refractivity contribution in [2.24, 2.45) is 5.92 Å². The van der Waals surface area contributed by atoms with Crippen molar-refractivity contribution >= 4 is 58.1 Å². The molecule has 4 aromatic rings. The summed E-state index contributed by atoms with van der Waals surface area (Å²) in [5.74, 6) is -2.01. The highest BCUT2D eigenvalue weighted by atomic mass is 35.5. The predicted molar refractivity (Wildman–Crippen MR) is 157 cm³/mol. The molecule has 0 unspecified atom stereocenters. The van der Waals surface area contributed by atoms with Gasteiger partial charge in [0.1, 0.15) is 11.5 Å². The Bertz CT molecular complexity index is 1750. The minimum Gasteiger partial charge on any atom is -0.352 e. The number of ketones is 2. The Morgan fingerprint density at radius 3 is 2.35 bits per heavy atom. The van der Waals surface area contributed by atoms with E-state index in [1.165, 1.54) is 0 Å². The van der Waals surface area contributed by atoms with Crippen molar-refractivity contribution in [1.82, 2.24) is 0 Å². The van der Waals surface area contributed by atoms with Gasteiger partial charge in [-0.15, -0.1) is 0 Å². The van der Waals surface area contributed by atoms with E-state index in [9.17, 15) is 14.4 Å². The van der Waals surface area contributed by atoms with Crippen molar-refractivity contribution < 1.29 is 14.4 Å². The molecular formula is C33H22Cl2N2O3.